The summed E-state index contributed by atoms with van der Waals surface area (Å²) >= 11 is 3.69. The van der Waals surface area contributed by atoms with Crippen molar-refractivity contribution >= 4 is 32.5 Å². The van der Waals surface area contributed by atoms with Crippen LogP contribution in [0.4, 0.5) is 0 Å². The second-order valence-electron chi connectivity index (χ2n) is 8.28. The molecule has 1 aliphatic carbocycles. The smallest absolute Gasteiger partial charge is 0.253 e. The van der Waals surface area contributed by atoms with Crippen molar-refractivity contribution in [2.24, 2.45) is 0 Å². The summed E-state index contributed by atoms with van der Waals surface area (Å²) in [7, 11) is 0. The van der Waals surface area contributed by atoms with Crippen LogP contribution in [-0.4, -0.2) is 9.55 Å². The van der Waals surface area contributed by atoms with E-state index in [0.29, 0.717) is 12.6 Å². The van der Waals surface area contributed by atoms with Gasteiger partial charge in [-0.15, -0.1) is 0 Å². The molecule has 1 aliphatic rings. The zero-order valence-electron chi connectivity index (χ0n) is 17.4. The van der Waals surface area contributed by atoms with Gasteiger partial charge >= 0.3 is 0 Å². The Bertz CT molecular complexity index is 1150. The zero-order valence-corrected chi connectivity index (χ0v) is 18.9. The van der Waals surface area contributed by atoms with E-state index in [-0.39, 0.29) is 5.56 Å². The predicted molar refractivity (Wildman–Crippen MR) is 124 cm³/mol. The van der Waals surface area contributed by atoms with Gasteiger partial charge < -0.3 is 14.9 Å². The second kappa shape index (κ2) is 7.86. The summed E-state index contributed by atoms with van der Waals surface area (Å²) in [5.41, 5.74) is 7.04. The minimum absolute atomic E-state index is 0.0363. The van der Waals surface area contributed by atoms with Crippen LogP contribution in [0.3, 0.4) is 0 Å². The van der Waals surface area contributed by atoms with Crippen LogP contribution >= 0.6 is 15.9 Å². The minimum Gasteiger partial charge on any atom is -0.381 e. The Morgan fingerprint density at radius 1 is 1.21 bits per heavy atom. The predicted octanol–water partition coefficient (Wildman–Crippen LogP) is 5.89. The molecule has 0 radical (unpaired) electrons. The zero-order chi connectivity index (χ0) is 20.7. The Hall–Kier alpha value is -2.27. The van der Waals surface area contributed by atoms with Crippen LogP contribution in [0.1, 0.15) is 59.7 Å². The van der Waals surface area contributed by atoms with E-state index in [1.165, 1.54) is 42.1 Å². The van der Waals surface area contributed by atoms with Crippen molar-refractivity contribution in [1.82, 2.24) is 14.9 Å². The normalized spacial score (nSPS) is 14.6. The van der Waals surface area contributed by atoms with Crippen LogP contribution in [0.2, 0.25) is 0 Å². The SMILES string of the molecule is C=C(NCc1c(C)cc(C)[nH]c1=O)c1cc(Br)cc2c1c(C)cn2C1CCCC1. The van der Waals surface area contributed by atoms with Crippen molar-refractivity contribution in [2.45, 2.75) is 59.0 Å². The first-order valence-corrected chi connectivity index (χ1v) is 11.1. The lowest BCUT2D eigenvalue weighted by Gasteiger charge is -2.16. The van der Waals surface area contributed by atoms with Gasteiger partial charge in [0.25, 0.3) is 5.56 Å². The van der Waals surface area contributed by atoms with Crippen LogP contribution in [0.25, 0.3) is 16.6 Å². The molecule has 1 aromatic carbocycles. The molecule has 0 aliphatic heterocycles. The van der Waals surface area contributed by atoms with Crippen molar-refractivity contribution in [3.8, 4) is 0 Å². The van der Waals surface area contributed by atoms with E-state index in [2.05, 4.69) is 62.6 Å². The summed E-state index contributed by atoms with van der Waals surface area (Å²) in [6, 6.07) is 6.93. The molecule has 1 fully saturated rings. The highest BCUT2D eigenvalue weighted by atomic mass is 79.9. The van der Waals surface area contributed by atoms with E-state index in [4.69, 9.17) is 0 Å². The summed E-state index contributed by atoms with van der Waals surface area (Å²) in [4.78, 5) is 15.2. The second-order valence-corrected chi connectivity index (χ2v) is 9.20. The number of hydrogen-bond acceptors (Lipinski definition) is 2. The van der Waals surface area contributed by atoms with Crippen LogP contribution in [0.15, 0.2) is 40.2 Å². The number of rotatable bonds is 5. The summed E-state index contributed by atoms with van der Waals surface area (Å²) in [5, 5.41) is 4.64. The topological polar surface area (TPSA) is 49.8 Å². The van der Waals surface area contributed by atoms with Gasteiger partial charge in [0.15, 0.2) is 0 Å². The maximum atomic E-state index is 12.3. The lowest BCUT2D eigenvalue weighted by atomic mass is 10.0. The van der Waals surface area contributed by atoms with Gasteiger partial charge in [-0.3, -0.25) is 4.79 Å². The molecular formula is C24H28BrN3O. The molecule has 0 saturated heterocycles. The number of benzene rings is 1. The number of aryl methyl sites for hydroxylation is 3. The molecule has 29 heavy (non-hydrogen) atoms. The first-order valence-electron chi connectivity index (χ1n) is 10.3. The Labute approximate surface area is 180 Å². The van der Waals surface area contributed by atoms with Gasteiger partial charge in [-0.25, -0.2) is 0 Å². The van der Waals surface area contributed by atoms with Crippen molar-refractivity contribution in [3.05, 3.63) is 73.7 Å². The number of nitrogens with zero attached hydrogens (tertiary/aromatic N) is 1. The van der Waals surface area contributed by atoms with Crippen LogP contribution < -0.4 is 10.9 Å². The molecule has 0 amide bonds. The Kier molecular flexibility index (Phi) is 5.43. The van der Waals surface area contributed by atoms with Gasteiger partial charge in [0.2, 0.25) is 0 Å². The molecule has 2 N–H and O–H groups in total. The quantitative estimate of drug-likeness (QED) is 0.505. The molecule has 4 nitrogen and oxygen atoms in total. The van der Waals surface area contributed by atoms with Crippen LogP contribution in [0.5, 0.6) is 0 Å². The van der Waals surface area contributed by atoms with E-state index in [0.717, 1.165) is 32.6 Å². The molecule has 0 atom stereocenters. The fourth-order valence-corrected chi connectivity index (χ4v) is 5.11. The van der Waals surface area contributed by atoms with Crippen LogP contribution in [0, 0.1) is 20.8 Å². The summed E-state index contributed by atoms with van der Waals surface area (Å²) in [5.74, 6) is 0. The van der Waals surface area contributed by atoms with Gasteiger partial charge in [0.1, 0.15) is 0 Å². The number of halogens is 1. The molecule has 3 aromatic rings. The number of hydrogen-bond donors (Lipinski definition) is 2. The van der Waals surface area contributed by atoms with Crippen molar-refractivity contribution in [1.29, 1.82) is 0 Å². The number of nitrogens with one attached hydrogen (secondary N) is 2. The number of aromatic amines is 1. The molecule has 4 rings (SSSR count). The third-order valence-electron chi connectivity index (χ3n) is 6.10. The molecule has 2 heterocycles. The third kappa shape index (κ3) is 3.80. The van der Waals surface area contributed by atoms with Crippen molar-refractivity contribution < 1.29 is 0 Å². The van der Waals surface area contributed by atoms with E-state index in [1.807, 2.05) is 19.9 Å². The largest absolute Gasteiger partial charge is 0.381 e. The molecule has 0 bridgehead atoms. The van der Waals surface area contributed by atoms with Gasteiger partial charge in [0.05, 0.1) is 5.52 Å². The highest BCUT2D eigenvalue weighted by molar-refractivity contribution is 9.10. The number of aromatic nitrogens is 2. The number of H-pyrrole nitrogens is 1. The Morgan fingerprint density at radius 2 is 1.93 bits per heavy atom. The lowest BCUT2D eigenvalue weighted by molar-refractivity contribution is 0.535. The molecule has 2 aromatic heterocycles. The van der Waals surface area contributed by atoms with Crippen molar-refractivity contribution in [2.75, 3.05) is 0 Å². The standard InChI is InChI=1S/C24H28BrN3O/c1-14-9-16(3)27-24(29)21(14)12-26-17(4)20-10-18(25)11-22-23(20)15(2)13-28(22)19-7-5-6-8-19/h9-11,13,19,26H,4-8,12H2,1-3H3,(H,27,29). The van der Waals surface area contributed by atoms with Gasteiger partial charge in [-0.05, 0) is 62.9 Å². The van der Waals surface area contributed by atoms with Crippen molar-refractivity contribution in [3.63, 3.8) is 0 Å². The van der Waals surface area contributed by atoms with Crippen LogP contribution in [-0.2, 0) is 6.54 Å². The fourth-order valence-electron chi connectivity index (χ4n) is 4.67. The number of fused-ring (bicyclic) bond motifs is 1. The highest BCUT2D eigenvalue weighted by Crippen LogP contribution is 2.37. The van der Waals surface area contributed by atoms with E-state index >= 15 is 0 Å². The first-order chi connectivity index (χ1) is 13.8. The first kappa shape index (κ1) is 20.0. The number of pyridine rings is 1. The molecule has 1 saturated carbocycles. The molecule has 152 valence electrons. The van der Waals surface area contributed by atoms with Gasteiger partial charge in [-0.1, -0.05) is 35.4 Å². The monoisotopic (exact) mass is 453 g/mol. The molecule has 0 unspecified atom stereocenters. The average molecular weight is 454 g/mol. The summed E-state index contributed by atoms with van der Waals surface area (Å²) < 4.78 is 3.50. The highest BCUT2D eigenvalue weighted by Gasteiger charge is 2.21. The third-order valence-corrected chi connectivity index (χ3v) is 6.56. The summed E-state index contributed by atoms with van der Waals surface area (Å²) in [6.07, 6.45) is 7.41. The Balaban J connectivity index is 1.68. The molecule has 5 heteroatoms. The van der Waals surface area contributed by atoms with E-state index in [1.54, 1.807) is 0 Å². The van der Waals surface area contributed by atoms with E-state index < -0.39 is 0 Å². The Morgan fingerprint density at radius 3 is 2.62 bits per heavy atom. The fraction of sp³-hybridized carbons (Fsp3) is 0.375. The van der Waals surface area contributed by atoms with Gasteiger partial charge in [0, 0.05) is 51.2 Å². The lowest BCUT2D eigenvalue weighted by Crippen LogP contribution is -2.22. The van der Waals surface area contributed by atoms with E-state index in [9.17, 15) is 4.79 Å². The molecule has 0 spiro atoms. The summed E-state index contributed by atoms with van der Waals surface area (Å²) in [6.45, 7) is 10.8. The van der Waals surface area contributed by atoms with Gasteiger partial charge in [-0.2, -0.15) is 0 Å². The molecular weight excluding hydrogens is 426 g/mol. The average Bonchev–Trinajstić information content (AvgIpc) is 3.28. The maximum Gasteiger partial charge on any atom is 0.253 e. The maximum absolute atomic E-state index is 12.3. The minimum atomic E-state index is -0.0363.